The van der Waals surface area contributed by atoms with E-state index in [1.54, 1.807) is 14.2 Å². The van der Waals surface area contributed by atoms with Crippen molar-refractivity contribution >= 4 is 17.5 Å². The van der Waals surface area contributed by atoms with Crippen LogP contribution in [0.5, 0.6) is 0 Å². The van der Waals surface area contributed by atoms with Gasteiger partial charge < -0.3 is 14.8 Å². The highest BCUT2D eigenvalue weighted by atomic mass is 35.5. The maximum Gasteiger partial charge on any atom is 0.242 e. The Morgan fingerprint density at radius 2 is 2.00 bits per heavy atom. The van der Waals surface area contributed by atoms with Gasteiger partial charge in [-0.05, 0) is 5.56 Å². The van der Waals surface area contributed by atoms with Gasteiger partial charge in [0.15, 0.2) is 0 Å². The van der Waals surface area contributed by atoms with Crippen molar-refractivity contribution in [1.82, 2.24) is 5.32 Å². The van der Waals surface area contributed by atoms with Gasteiger partial charge in [-0.2, -0.15) is 0 Å². The first-order chi connectivity index (χ1) is 8.69. The normalized spacial score (nSPS) is 13.9. The van der Waals surface area contributed by atoms with Crippen molar-refractivity contribution < 1.29 is 14.3 Å². The van der Waals surface area contributed by atoms with Crippen LogP contribution in [0.3, 0.4) is 0 Å². The third-order valence-corrected chi connectivity index (χ3v) is 2.96. The van der Waals surface area contributed by atoms with Gasteiger partial charge in [-0.15, -0.1) is 11.6 Å². The first-order valence-electron chi connectivity index (χ1n) is 5.67. The van der Waals surface area contributed by atoms with Gasteiger partial charge in [0.25, 0.3) is 0 Å². The van der Waals surface area contributed by atoms with E-state index in [0.29, 0.717) is 13.2 Å². The van der Waals surface area contributed by atoms with E-state index < -0.39 is 5.38 Å². The molecule has 1 N–H and O–H groups in total. The standard InChI is InChI=1S/C13H18ClNO3/c1-17-9-11(18-2)8-15-13(16)12(14)10-6-4-3-5-7-10/h3-7,11-12H,8-9H2,1-2H3,(H,15,16). The van der Waals surface area contributed by atoms with Gasteiger partial charge in [0.05, 0.1) is 12.7 Å². The van der Waals surface area contributed by atoms with Gasteiger partial charge in [-0.1, -0.05) is 30.3 Å². The van der Waals surface area contributed by atoms with Gasteiger partial charge in [0, 0.05) is 20.8 Å². The number of nitrogens with one attached hydrogen (secondary N) is 1. The van der Waals surface area contributed by atoms with Crippen molar-refractivity contribution in [3.63, 3.8) is 0 Å². The van der Waals surface area contributed by atoms with E-state index in [2.05, 4.69) is 5.32 Å². The summed E-state index contributed by atoms with van der Waals surface area (Å²) in [5.74, 6) is -0.235. The number of benzene rings is 1. The summed E-state index contributed by atoms with van der Waals surface area (Å²) in [6.07, 6.45) is -0.168. The highest BCUT2D eigenvalue weighted by Gasteiger charge is 2.18. The largest absolute Gasteiger partial charge is 0.382 e. The Bertz CT molecular complexity index is 359. The molecule has 0 heterocycles. The summed E-state index contributed by atoms with van der Waals surface area (Å²) in [5, 5.41) is 2.05. The number of rotatable bonds is 7. The van der Waals surface area contributed by atoms with Crippen LogP contribution >= 0.6 is 11.6 Å². The van der Waals surface area contributed by atoms with E-state index in [4.69, 9.17) is 21.1 Å². The molecule has 1 amide bonds. The second-order valence-electron chi connectivity index (χ2n) is 3.83. The number of ether oxygens (including phenoxy) is 2. The van der Waals surface area contributed by atoms with E-state index >= 15 is 0 Å². The predicted octanol–water partition coefficient (Wildman–Crippen LogP) is 1.74. The molecule has 0 aliphatic heterocycles. The molecule has 4 nitrogen and oxygen atoms in total. The summed E-state index contributed by atoms with van der Waals surface area (Å²) < 4.78 is 10.1. The highest BCUT2D eigenvalue weighted by molar-refractivity contribution is 6.30. The van der Waals surface area contributed by atoms with E-state index in [9.17, 15) is 4.79 Å². The molecule has 18 heavy (non-hydrogen) atoms. The van der Waals surface area contributed by atoms with Crippen LogP contribution in [0, 0.1) is 0 Å². The molecule has 0 aliphatic carbocycles. The van der Waals surface area contributed by atoms with Crippen LogP contribution in [0.15, 0.2) is 30.3 Å². The van der Waals surface area contributed by atoms with Crippen LogP contribution in [0.1, 0.15) is 10.9 Å². The number of carbonyl (C=O) groups excluding carboxylic acids is 1. The topological polar surface area (TPSA) is 47.6 Å². The second kappa shape index (κ2) is 8.08. The van der Waals surface area contributed by atoms with Crippen LogP contribution < -0.4 is 5.32 Å². The molecular weight excluding hydrogens is 254 g/mol. The monoisotopic (exact) mass is 271 g/mol. The van der Waals surface area contributed by atoms with Gasteiger partial charge in [-0.3, -0.25) is 4.79 Å². The lowest BCUT2D eigenvalue weighted by Gasteiger charge is -2.16. The third-order valence-electron chi connectivity index (χ3n) is 2.51. The average Bonchev–Trinajstić information content (AvgIpc) is 2.43. The fourth-order valence-electron chi connectivity index (χ4n) is 1.47. The first kappa shape index (κ1) is 15.0. The van der Waals surface area contributed by atoms with Crippen LogP contribution in [-0.4, -0.2) is 39.4 Å². The Hall–Kier alpha value is -1.10. The molecule has 100 valence electrons. The molecular formula is C13H18ClNO3. The van der Waals surface area contributed by atoms with E-state index in [-0.39, 0.29) is 12.0 Å². The number of carbonyl (C=O) groups is 1. The van der Waals surface area contributed by atoms with Crippen LogP contribution in [0.4, 0.5) is 0 Å². The Balaban J connectivity index is 2.45. The summed E-state index contributed by atoms with van der Waals surface area (Å²) >= 11 is 6.08. The Labute approximate surface area is 112 Å². The van der Waals surface area contributed by atoms with Gasteiger partial charge >= 0.3 is 0 Å². The molecule has 0 aliphatic rings. The number of amides is 1. The maximum absolute atomic E-state index is 11.8. The number of alkyl halides is 1. The lowest BCUT2D eigenvalue weighted by molar-refractivity contribution is -0.121. The molecule has 0 saturated heterocycles. The fourth-order valence-corrected chi connectivity index (χ4v) is 1.70. The molecule has 0 radical (unpaired) electrons. The molecule has 5 heteroatoms. The molecule has 1 rings (SSSR count). The summed E-state index contributed by atoms with van der Waals surface area (Å²) in [6.45, 7) is 0.800. The van der Waals surface area contributed by atoms with Crippen LogP contribution in [0.2, 0.25) is 0 Å². The SMILES string of the molecule is COCC(CNC(=O)C(Cl)c1ccccc1)OC. The summed E-state index contributed by atoms with van der Waals surface area (Å²) in [6, 6.07) is 9.21. The number of hydrogen-bond acceptors (Lipinski definition) is 3. The minimum Gasteiger partial charge on any atom is -0.382 e. The van der Waals surface area contributed by atoms with Gasteiger partial charge in [0.1, 0.15) is 5.38 Å². The molecule has 0 fully saturated rings. The number of hydrogen-bond donors (Lipinski definition) is 1. The average molecular weight is 272 g/mol. The Morgan fingerprint density at radius 3 is 2.56 bits per heavy atom. The van der Waals surface area contributed by atoms with Crippen molar-refractivity contribution in [1.29, 1.82) is 0 Å². The fraction of sp³-hybridized carbons (Fsp3) is 0.462. The van der Waals surface area contributed by atoms with Crippen molar-refractivity contribution in [3.8, 4) is 0 Å². The van der Waals surface area contributed by atoms with Gasteiger partial charge in [0.2, 0.25) is 5.91 Å². The summed E-state index contributed by atoms with van der Waals surface area (Å²) in [5.41, 5.74) is 0.775. The molecule has 0 spiro atoms. The predicted molar refractivity (Wildman–Crippen MR) is 70.7 cm³/mol. The van der Waals surface area contributed by atoms with Crippen molar-refractivity contribution in [2.75, 3.05) is 27.4 Å². The van der Waals surface area contributed by atoms with Crippen molar-refractivity contribution in [3.05, 3.63) is 35.9 Å². The maximum atomic E-state index is 11.8. The lowest BCUT2D eigenvalue weighted by atomic mass is 10.1. The minimum absolute atomic E-state index is 0.168. The molecule has 1 aromatic rings. The third kappa shape index (κ3) is 4.64. The first-order valence-corrected chi connectivity index (χ1v) is 6.11. The molecule has 2 atom stereocenters. The quantitative estimate of drug-likeness (QED) is 0.769. The smallest absolute Gasteiger partial charge is 0.242 e. The molecule has 0 aromatic heterocycles. The molecule has 0 saturated carbocycles. The molecule has 2 unspecified atom stereocenters. The zero-order valence-electron chi connectivity index (χ0n) is 10.6. The highest BCUT2D eigenvalue weighted by Crippen LogP contribution is 2.19. The Kier molecular flexibility index (Phi) is 6.72. The van der Waals surface area contributed by atoms with Crippen LogP contribution in [0.25, 0.3) is 0 Å². The summed E-state index contributed by atoms with van der Waals surface area (Å²) in [4.78, 5) is 11.8. The molecule has 0 bridgehead atoms. The second-order valence-corrected chi connectivity index (χ2v) is 4.27. The zero-order valence-corrected chi connectivity index (χ0v) is 11.3. The van der Waals surface area contributed by atoms with E-state index in [1.807, 2.05) is 30.3 Å². The number of halogens is 1. The summed E-state index contributed by atoms with van der Waals surface area (Å²) in [7, 11) is 3.16. The van der Waals surface area contributed by atoms with E-state index in [0.717, 1.165) is 5.56 Å². The zero-order chi connectivity index (χ0) is 13.4. The van der Waals surface area contributed by atoms with Crippen LogP contribution in [-0.2, 0) is 14.3 Å². The number of methoxy groups -OCH3 is 2. The van der Waals surface area contributed by atoms with Crippen molar-refractivity contribution in [2.45, 2.75) is 11.5 Å². The Morgan fingerprint density at radius 1 is 1.33 bits per heavy atom. The minimum atomic E-state index is -0.689. The van der Waals surface area contributed by atoms with Gasteiger partial charge in [-0.25, -0.2) is 0 Å². The van der Waals surface area contributed by atoms with E-state index in [1.165, 1.54) is 0 Å². The lowest BCUT2D eigenvalue weighted by Crippen LogP contribution is -2.37. The van der Waals surface area contributed by atoms with Crippen molar-refractivity contribution in [2.24, 2.45) is 0 Å². The molecule has 1 aromatic carbocycles.